The Kier molecular flexibility index (Phi) is 6.52. The molecule has 0 amide bonds. The molecule has 1 atom stereocenters. The Morgan fingerprint density at radius 3 is 2.38 bits per heavy atom. The van der Waals surface area contributed by atoms with Gasteiger partial charge in [0.2, 0.25) is 0 Å². The van der Waals surface area contributed by atoms with Gasteiger partial charge in [-0.05, 0) is 37.6 Å². The van der Waals surface area contributed by atoms with Crippen molar-refractivity contribution in [3.05, 3.63) is 29.8 Å². The minimum Gasteiger partial charge on any atom is -0.369 e. The summed E-state index contributed by atoms with van der Waals surface area (Å²) >= 11 is 0. The first-order chi connectivity index (χ1) is 10.3. The fraction of sp³-hybridized carbons (Fsp3) is 0.667. The van der Waals surface area contributed by atoms with Gasteiger partial charge in [0.15, 0.2) is 0 Å². The molecule has 1 aliphatic rings. The van der Waals surface area contributed by atoms with Gasteiger partial charge in [0, 0.05) is 37.9 Å². The van der Waals surface area contributed by atoms with Crippen LogP contribution in [0.3, 0.4) is 0 Å². The van der Waals surface area contributed by atoms with E-state index in [4.69, 9.17) is 0 Å². The average Bonchev–Trinajstić information content (AvgIpc) is 2.54. The molecular weight excluding hydrogens is 258 g/mol. The van der Waals surface area contributed by atoms with E-state index in [2.05, 4.69) is 60.2 Å². The number of benzene rings is 1. The van der Waals surface area contributed by atoms with E-state index >= 15 is 0 Å². The van der Waals surface area contributed by atoms with Gasteiger partial charge in [0.1, 0.15) is 0 Å². The van der Waals surface area contributed by atoms with E-state index < -0.39 is 0 Å². The van der Waals surface area contributed by atoms with Gasteiger partial charge < -0.3 is 10.2 Å². The summed E-state index contributed by atoms with van der Waals surface area (Å²) in [5.74, 6) is 0. The molecule has 0 spiro atoms. The Morgan fingerprint density at radius 2 is 1.76 bits per heavy atom. The number of nitrogens with one attached hydrogen (secondary N) is 1. The zero-order valence-corrected chi connectivity index (χ0v) is 13.9. The van der Waals surface area contributed by atoms with Gasteiger partial charge >= 0.3 is 0 Å². The van der Waals surface area contributed by atoms with Crippen LogP contribution in [-0.4, -0.2) is 44.2 Å². The van der Waals surface area contributed by atoms with Crippen molar-refractivity contribution in [3.8, 4) is 0 Å². The minimum absolute atomic E-state index is 0.472. The first kappa shape index (κ1) is 16.3. The third-order valence-corrected chi connectivity index (χ3v) is 4.42. The summed E-state index contributed by atoms with van der Waals surface area (Å²) in [6.07, 6.45) is 2.40. The molecule has 0 aromatic heterocycles. The fourth-order valence-electron chi connectivity index (χ4n) is 3.32. The summed E-state index contributed by atoms with van der Waals surface area (Å²) in [5, 5.41) is 3.62. The number of hydrogen-bond acceptors (Lipinski definition) is 3. The van der Waals surface area contributed by atoms with E-state index in [1.165, 1.54) is 37.3 Å². The highest BCUT2D eigenvalue weighted by Crippen LogP contribution is 2.29. The van der Waals surface area contributed by atoms with E-state index in [0.717, 1.165) is 26.1 Å². The number of piperazine rings is 1. The van der Waals surface area contributed by atoms with Crippen LogP contribution in [0.2, 0.25) is 0 Å². The van der Waals surface area contributed by atoms with Crippen molar-refractivity contribution in [1.29, 1.82) is 0 Å². The molecule has 21 heavy (non-hydrogen) atoms. The molecule has 0 aliphatic carbocycles. The molecule has 1 fully saturated rings. The third kappa shape index (κ3) is 4.21. The zero-order chi connectivity index (χ0) is 15.1. The largest absolute Gasteiger partial charge is 0.369 e. The maximum absolute atomic E-state index is 3.62. The molecule has 2 rings (SSSR count). The van der Waals surface area contributed by atoms with Gasteiger partial charge in [0.05, 0.1) is 0 Å². The van der Waals surface area contributed by atoms with Crippen LogP contribution >= 0.6 is 0 Å². The monoisotopic (exact) mass is 289 g/mol. The van der Waals surface area contributed by atoms with E-state index in [9.17, 15) is 0 Å². The minimum atomic E-state index is 0.472. The maximum atomic E-state index is 3.62. The first-order valence-corrected chi connectivity index (χ1v) is 8.59. The predicted molar refractivity (Wildman–Crippen MR) is 92.1 cm³/mol. The van der Waals surface area contributed by atoms with Crippen molar-refractivity contribution in [1.82, 2.24) is 10.2 Å². The number of para-hydroxylation sites is 1. The molecule has 118 valence electrons. The summed E-state index contributed by atoms with van der Waals surface area (Å²) in [5.41, 5.74) is 2.90. The first-order valence-electron chi connectivity index (χ1n) is 8.59. The number of rotatable bonds is 7. The molecule has 1 aromatic rings. The average molecular weight is 289 g/mol. The van der Waals surface area contributed by atoms with Gasteiger partial charge in [-0.2, -0.15) is 0 Å². The highest BCUT2D eigenvalue weighted by Gasteiger charge is 2.20. The SMILES string of the molecule is CCCN1CCN(c2ccccc2C(CC)NCC)CC1. The van der Waals surface area contributed by atoms with Crippen molar-refractivity contribution in [2.45, 2.75) is 39.7 Å². The van der Waals surface area contributed by atoms with Gasteiger partial charge in [-0.15, -0.1) is 0 Å². The van der Waals surface area contributed by atoms with Crippen LogP contribution in [0, 0.1) is 0 Å². The van der Waals surface area contributed by atoms with Gasteiger partial charge in [-0.25, -0.2) is 0 Å². The van der Waals surface area contributed by atoms with Crippen molar-refractivity contribution in [2.75, 3.05) is 44.2 Å². The molecule has 0 radical (unpaired) electrons. The normalized spacial score (nSPS) is 18.0. The molecule has 1 aliphatic heterocycles. The lowest BCUT2D eigenvalue weighted by atomic mass is 10.0. The van der Waals surface area contributed by atoms with Crippen LogP contribution in [0.15, 0.2) is 24.3 Å². The second-order valence-corrected chi connectivity index (χ2v) is 5.91. The van der Waals surface area contributed by atoms with Crippen LogP contribution in [0.1, 0.15) is 45.2 Å². The second-order valence-electron chi connectivity index (χ2n) is 5.91. The number of hydrogen-bond donors (Lipinski definition) is 1. The Bertz CT molecular complexity index is 411. The predicted octanol–water partition coefficient (Wildman–Crippen LogP) is 3.28. The van der Waals surface area contributed by atoms with Crippen LogP contribution in [0.4, 0.5) is 5.69 Å². The van der Waals surface area contributed by atoms with E-state index in [-0.39, 0.29) is 0 Å². The Balaban J connectivity index is 2.10. The summed E-state index contributed by atoms with van der Waals surface area (Å²) in [7, 11) is 0. The molecule has 1 N–H and O–H groups in total. The van der Waals surface area contributed by atoms with Gasteiger partial charge in [0.25, 0.3) is 0 Å². The molecule has 0 bridgehead atoms. The molecule has 1 unspecified atom stereocenters. The quantitative estimate of drug-likeness (QED) is 0.831. The van der Waals surface area contributed by atoms with Crippen LogP contribution in [0.5, 0.6) is 0 Å². The molecule has 0 saturated carbocycles. The van der Waals surface area contributed by atoms with Crippen molar-refractivity contribution in [2.24, 2.45) is 0 Å². The van der Waals surface area contributed by atoms with E-state index in [1.807, 2.05) is 0 Å². The third-order valence-electron chi connectivity index (χ3n) is 4.42. The summed E-state index contributed by atoms with van der Waals surface area (Å²) in [6, 6.07) is 9.41. The molecule has 1 heterocycles. The van der Waals surface area contributed by atoms with Crippen LogP contribution in [0.25, 0.3) is 0 Å². The van der Waals surface area contributed by atoms with Crippen molar-refractivity contribution < 1.29 is 0 Å². The van der Waals surface area contributed by atoms with Gasteiger partial charge in [-0.1, -0.05) is 39.0 Å². The summed E-state index contributed by atoms with van der Waals surface area (Å²) in [4.78, 5) is 5.15. The second kappa shape index (κ2) is 8.40. The topological polar surface area (TPSA) is 18.5 Å². The Morgan fingerprint density at radius 1 is 1.05 bits per heavy atom. The van der Waals surface area contributed by atoms with Crippen LogP contribution < -0.4 is 10.2 Å². The Hall–Kier alpha value is -1.06. The van der Waals surface area contributed by atoms with E-state index in [1.54, 1.807) is 0 Å². The lowest BCUT2D eigenvalue weighted by Crippen LogP contribution is -2.47. The van der Waals surface area contributed by atoms with Crippen molar-refractivity contribution in [3.63, 3.8) is 0 Å². The molecule has 1 saturated heterocycles. The van der Waals surface area contributed by atoms with Gasteiger partial charge in [-0.3, -0.25) is 4.90 Å². The standard InChI is InChI=1S/C18H31N3/c1-4-11-20-12-14-21(15-13-20)18-10-8-7-9-16(18)17(5-2)19-6-3/h7-10,17,19H,4-6,11-15H2,1-3H3. The smallest absolute Gasteiger partial charge is 0.0415 e. The fourth-order valence-corrected chi connectivity index (χ4v) is 3.32. The molecule has 1 aromatic carbocycles. The van der Waals surface area contributed by atoms with Crippen LogP contribution in [-0.2, 0) is 0 Å². The highest BCUT2D eigenvalue weighted by atomic mass is 15.3. The number of nitrogens with zero attached hydrogens (tertiary/aromatic N) is 2. The maximum Gasteiger partial charge on any atom is 0.0415 e. The van der Waals surface area contributed by atoms with Crippen molar-refractivity contribution >= 4 is 5.69 Å². The molecule has 3 nitrogen and oxygen atoms in total. The number of anilines is 1. The summed E-state index contributed by atoms with van der Waals surface area (Å²) in [6.45, 7) is 13.7. The lowest BCUT2D eigenvalue weighted by molar-refractivity contribution is 0.258. The lowest BCUT2D eigenvalue weighted by Gasteiger charge is -2.37. The molecule has 3 heteroatoms. The zero-order valence-electron chi connectivity index (χ0n) is 13.9. The Labute approximate surface area is 130 Å². The highest BCUT2D eigenvalue weighted by molar-refractivity contribution is 5.55. The molecular formula is C18H31N3. The summed E-state index contributed by atoms with van der Waals surface area (Å²) < 4.78 is 0. The van der Waals surface area contributed by atoms with E-state index in [0.29, 0.717) is 6.04 Å².